The van der Waals surface area contributed by atoms with E-state index in [1.807, 2.05) is 29.6 Å². The van der Waals surface area contributed by atoms with Crippen molar-refractivity contribution < 1.29 is 8.42 Å². The molecule has 0 saturated carbocycles. The van der Waals surface area contributed by atoms with Crippen molar-refractivity contribution in [2.24, 2.45) is 0 Å². The fraction of sp³-hybridized carbons (Fsp3) is 0.0833. The second-order valence-electron chi connectivity index (χ2n) is 7.46. The molecule has 11 heteroatoms. The van der Waals surface area contributed by atoms with Gasteiger partial charge in [-0.25, -0.2) is 28.1 Å². The van der Waals surface area contributed by atoms with Crippen molar-refractivity contribution >= 4 is 54.5 Å². The number of hydrogen-bond acceptors (Lipinski definition) is 8. The smallest absolute Gasteiger partial charge is 0.264 e. The Labute approximate surface area is 215 Å². The van der Waals surface area contributed by atoms with Gasteiger partial charge in [0, 0.05) is 38.7 Å². The van der Waals surface area contributed by atoms with Crippen molar-refractivity contribution in [1.82, 2.24) is 15.0 Å². The van der Waals surface area contributed by atoms with Crippen LogP contribution in [-0.4, -0.2) is 23.4 Å². The molecule has 2 N–H and O–H groups in total. The fourth-order valence-electron chi connectivity index (χ4n) is 3.13. The molecule has 0 aliphatic rings. The zero-order valence-electron chi connectivity index (χ0n) is 18.7. The molecule has 2 aromatic heterocycles. The lowest BCUT2D eigenvalue weighted by molar-refractivity contribution is 0.601. The Kier molecular flexibility index (Phi) is 7.25. The highest BCUT2D eigenvalue weighted by atomic mass is 79.9. The number of nitrogens with one attached hydrogen (secondary N) is 2. The van der Waals surface area contributed by atoms with Gasteiger partial charge in [-0.05, 0) is 56.3 Å². The van der Waals surface area contributed by atoms with Gasteiger partial charge in [0.15, 0.2) is 0 Å². The summed E-state index contributed by atoms with van der Waals surface area (Å²) in [7, 11) is -3.85. The maximum absolute atomic E-state index is 12.7. The second-order valence-corrected chi connectivity index (χ2v) is 10.9. The number of thiazole rings is 1. The summed E-state index contributed by atoms with van der Waals surface area (Å²) in [6, 6.07) is 17.8. The predicted octanol–water partition coefficient (Wildman–Crippen LogP) is 5.76. The number of hydrogen-bond donors (Lipinski definition) is 2. The summed E-state index contributed by atoms with van der Waals surface area (Å²) < 4.78 is 28.8. The van der Waals surface area contributed by atoms with E-state index < -0.39 is 10.0 Å². The van der Waals surface area contributed by atoms with Crippen LogP contribution in [0.4, 0.5) is 11.6 Å². The maximum atomic E-state index is 12.7. The number of anilines is 2. The lowest BCUT2D eigenvalue weighted by atomic mass is 10.2. The van der Waals surface area contributed by atoms with Crippen LogP contribution in [-0.2, 0) is 10.0 Å². The van der Waals surface area contributed by atoms with E-state index in [-0.39, 0.29) is 10.8 Å². The quantitative estimate of drug-likeness (QED) is 0.273. The third kappa shape index (κ3) is 6.10. The zero-order chi connectivity index (χ0) is 25.0. The molecule has 0 aliphatic heterocycles. The molecule has 0 bridgehead atoms. The van der Waals surface area contributed by atoms with E-state index in [4.69, 9.17) is 0 Å². The molecule has 0 atom stereocenters. The molecule has 0 amide bonds. The van der Waals surface area contributed by atoms with Crippen LogP contribution in [0.1, 0.15) is 16.4 Å². The van der Waals surface area contributed by atoms with Gasteiger partial charge in [-0.1, -0.05) is 28.1 Å². The van der Waals surface area contributed by atoms with Crippen LogP contribution in [0.3, 0.4) is 0 Å². The van der Waals surface area contributed by atoms with Crippen LogP contribution in [0.5, 0.6) is 0 Å². The Morgan fingerprint density at radius 2 is 1.69 bits per heavy atom. The first-order chi connectivity index (χ1) is 16.7. The Morgan fingerprint density at radius 3 is 2.31 bits per heavy atom. The average Bonchev–Trinajstić information content (AvgIpc) is 3.29. The lowest BCUT2D eigenvalue weighted by Crippen LogP contribution is -2.15. The first-order valence-corrected chi connectivity index (χ1v) is 13.4. The third-order valence-corrected chi connectivity index (χ3v) is 7.50. The van der Waals surface area contributed by atoms with E-state index in [2.05, 4.69) is 47.0 Å². The minimum Gasteiger partial charge on any atom is -0.360 e. The standard InChI is InChI=1S/C24H19BrN6O2S2/c1-15-11-16(2)29-24(28-15)31-35(32,33)21-9-7-20(8-10-21)27-13-18(12-26)23-30-22(14-34-23)17-3-5-19(25)6-4-17/h3-11,13-14,27H,1-2H3,(H,28,29,31)/b18-13+. The predicted molar refractivity (Wildman–Crippen MR) is 141 cm³/mol. The summed E-state index contributed by atoms with van der Waals surface area (Å²) in [5.74, 6) is 0.0252. The van der Waals surface area contributed by atoms with E-state index >= 15 is 0 Å². The van der Waals surface area contributed by atoms with Crippen molar-refractivity contribution in [3.63, 3.8) is 0 Å². The molecule has 2 heterocycles. The summed E-state index contributed by atoms with van der Waals surface area (Å²) in [6.45, 7) is 3.53. The summed E-state index contributed by atoms with van der Waals surface area (Å²) in [4.78, 5) is 12.9. The SMILES string of the molecule is Cc1cc(C)nc(NS(=O)(=O)c2ccc(N/C=C(\C#N)c3nc(-c4ccc(Br)cc4)cs3)cc2)n1. The average molecular weight is 567 g/mol. The summed E-state index contributed by atoms with van der Waals surface area (Å²) in [6.07, 6.45) is 1.55. The highest BCUT2D eigenvalue weighted by Gasteiger charge is 2.16. The maximum Gasteiger partial charge on any atom is 0.264 e. The van der Waals surface area contributed by atoms with Gasteiger partial charge >= 0.3 is 0 Å². The summed E-state index contributed by atoms with van der Waals surface area (Å²) in [5, 5.41) is 15.1. The largest absolute Gasteiger partial charge is 0.360 e. The number of benzene rings is 2. The molecule has 176 valence electrons. The van der Waals surface area contributed by atoms with Gasteiger partial charge in [0.2, 0.25) is 5.95 Å². The molecule has 0 fully saturated rings. The third-order valence-electron chi connectivity index (χ3n) is 4.75. The van der Waals surface area contributed by atoms with Gasteiger partial charge < -0.3 is 5.32 Å². The molecular formula is C24H19BrN6O2S2. The van der Waals surface area contributed by atoms with E-state index in [1.54, 1.807) is 38.2 Å². The van der Waals surface area contributed by atoms with E-state index in [9.17, 15) is 13.7 Å². The number of nitrogens with zero attached hydrogens (tertiary/aromatic N) is 4. The first-order valence-electron chi connectivity index (χ1n) is 10.3. The number of allylic oxidation sites excluding steroid dienone is 1. The van der Waals surface area contributed by atoms with Crippen molar-refractivity contribution in [2.45, 2.75) is 18.7 Å². The Bertz CT molecular complexity index is 1520. The summed E-state index contributed by atoms with van der Waals surface area (Å²) >= 11 is 4.79. The molecule has 35 heavy (non-hydrogen) atoms. The normalized spacial score (nSPS) is 11.7. The highest BCUT2D eigenvalue weighted by Crippen LogP contribution is 2.27. The van der Waals surface area contributed by atoms with Crippen LogP contribution >= 0.6 is 27.3 Å². The monoisotopic (exact) mass is 566 g/mol. The van der Waals surface area contributed by atoms with E-state index in [0.717, 1.165) is 15.7 Å². The molecular weight excluding hydrogens is 548 g/mol. The van der Waals surface area contributed by atoms with Crippen LogP contribution in [0.25, 0.3) is 16.8 Å². The minimum absolute atomic E-state index is 0.0252. The van der Waals surface area contributed by atoms with Gasteiger partial charge in [0.25, 0.3) is 10.0 Å². The van der Waals surface area contributed by atoms with Gasteiger partial charge in [-0.15, -0.1) is 11.3 Å². The molecule has 0 radical (unpaired) electrons. The Balaban J connectivity index is 1.47. The van der Waals surface area contributed by atoms with Crippen LogP contribution < -0.4 is 10.0 Å². The van der Waals surface area contributed by atoms with Gasteiger partial charge in [0.1, 0.15) is 16.6 Å². The van der Waals surface area contributed by atoms with Crippen molar-refractivity contribution in [3.8, 4) is 17.3 Å². The van der Waals surface area contributed by atoms with Gasteiger partial charge in [0.05, 0.1) is 10.6 Å². The molecule has 0 unspecified atom stereocenters. The van der Waals surface area contributed by atoms with Gasteiger partial charge in [-0.2, -0.15) is 5.26 Å². The minimum atomic E-state index is -3.85. The summed E-state index contributed by atoms with van der Waals surface area (Å²) in [5.41, 5.74) is 4.05. The molecule has 4 aromatic rings. The van der Waals surface area contributed by atoms with Gasteiger partial charge in [-0.3, -0.25) is 0 Å². The molecule has 0 spiro atoms. The van der Waals surface area contributed by atoms with Crippen molar-refractivity contribution in [1.29, 1.82) is 5.26 Å². The number of aromatic nitrogens is 3. The molecule has 0 aliphatic carbocycles. The van der Waals surface area contributed by atoms with Crippen LogP contribution in [0.15, 0.2) is 75.5 Å². The number of aryl methyl sites for hydroxylation is 2. The Hall–Kier alpha value is -3.59. The molecule has 8 nitrogen and oxygen atoms in total. The second kappa shape index (κ2) is 10.4. The van der Waals surface area contributed by atoms with Crippen molar-refractivity contribution in [2.75, 3.05) is 10.0 Å². The van der Waals surface area contributed by atoms with Crippen LogP contribution in [0.2, 0.25) is 0 Å². The zero-order valence-corrected chi connectivity index (χ0v) is 21.9. The number of rotatable bonds is 7. The topological polar surface area (TPSA) is 121 Å². The molecule has 2 aromatic carbocycles. The fourth-order valence-corrected chi connectivity index (χ4v) is 5.13. The number of halogens is 1. The number of sulfonamides is 1. The van der Waals surface area contributed by atoms with Crippen LogP contribution in [0, 0.1) is 25.2 Å². The van der Waals surface area contributed by atoms with E-state index in [0.29, 0.717) is 27.7 Å². The lowest BCUT2D eigenvalue weighted by Gasteiger charge is -2.09. The molecule has 0 saturated heterocycles. The van der Waals surface area contributed by atoms with Crippen molar-refractivity contribution in [3.05, 3.63) is 87.0 Å². The van der Waals surface area contributed by atoms with E-state index in [1.165, 1.54) is 23.5 Å². The molecule has 4 rings (SSSR count). The Morgan fingerprint density at radius 1 is 1.03 bits per heavy atom. The first kappa shape index (κ1) is 24.5. The number of nitriles is 1. The highest BCUT2D eigenvalue weighted by molar-refractivity contribution is 9.10.